The highest BCUT2D eigenvalue weighted by atomic mass is 32.7. The summed E-state index contributed by atoms with van der Waals surface area (Å²) in [6.07, 6.45) is 5.93. The van der Waals surface area contributed by atoms with Crippen LogP contribution >= 0.6 is 30.2 Å². The van der Waals surface area contributed by atoms with Crippen molar-refractivity contribution in [1.82, 2.24) is 29.9 Å². The normalized spacial score (nSPS) is 20.5. The van der Waals surface area contributed by atoms with E-state index in [2.05, 4.69) is 39.2 Å². The Labute approximate surface area is 271 Å². The van der Waals surface area contributed by atoms with E-state index in [1.807, 2.05) is 0 Å². The van der Waals surface area contributed by atoms with Gasteiger partial charge in [-0.2, -0.15) is 4.98 Å². The number of hydrogen-bond donors (Lipinski definition) is 5. The predicted octanol–water partition coefficient (Wildman–Crippen LogP) is 4.23. The van der Waals surface area contributed by atoms with E-state index in [1.165, 1.54) is 13.3 Å². The molecule has 1 saturated heterocycles. The molecule has 2 aromatic rings. The molecule has 0 radical (unpaired) electrons. The summed E-state index contributed by atoms with van der Waals surface area (Å²) in [5, 5.41) is 5.27. The van der Waals surface area contributed by atoms with E-state index in [1.54, 1.807) is 11.5 Å². The minimum atomic E-state index is -4.03. The topological polar surface area (TPSA) is 230 Å². The minimum Gasteiger partial charge on any atom is -0.464 e. The van der Waals surface area contributed by atoms with Gasteiger partial charge in [-0.3, -0.25) is 33.1 Å². The summed E-state index contributed by atoms with van der Waals surface area (Å²) in [5.74, 6) is -0.682. The summed E-state index contributed by atoms with van der Waals surface area (Å²) in [6, 6.07) is -1.06. The molecule has 7 atom stereocenters. The van der Waals surface area contributed by atoms with Crippen LogP contribution in [-0.2, 0) is 32.7 Å². The Hall–Kier alpha value is -1.75. The standard InChI is InChI=1S/C26H47N7O9P4/c1-5-8-18(9-6-2)14-40-25(36)17(4)32-45(37,41-13-12-28-20(34)7-3)44-46(38,39)43-15-19-10-11-21(42-19)33-16-29-22-23(33)30-26(27)31-24(22)35/h16-19,21,43-44H,5-15H2,1-4H3,(H,28,34)(H,32,37)(H,38,39)(H3,27,30,31,35)/t17-,19-,21+,45?/m0/s1. The number of imidazole rings is 1. The molecule has 2 aromatic heterocycles. The second-order valence-electron chi connectivity index (χ2n) is 11.1. The van der Waals surface area contributed by atoms with Crippen molar-refractivity contribution in [2.24, 2.45) is 5.92 Å². The Morgan fingerprint density at radius 1 is 1.26 bits per heavy atom. The number of nitrogens with two attached hydrogens (primary N) is 1. The van der Waals surface area contributed by atoms with Gasteiger partial charge in [-0.1, -0.05) is 33.6 Å². The summed E-state index contributed by atoms with van der Waals surface area (Å²) in [4.78, 5) is 58.2. The monoisotopic (exact) mass is 725 g/mol. The summed E-state index contributed by atoms with van der Waals surface area (Å²) >= 11 is 0. The van der Waals surface area contributed by atoms with E-state index < -0.39 is 54.0 Å². The molecule has 3 rings (SSSR count). The number of carbonyl (C=O) groups is 2. The molecule has 260 valence electrons. The largest absolute Gasteiger partial charge is 0.464 e. The molecule has 1 amide bonds. The van der Waals surface area contributed by atoms with E-state index in [0.717, 1.165) is 25.7 Å². The Kier molecular flexibility index (Phi) is 15.3. The lowest BCUT2D eigenvalue weighted by Gasteiger charge is -2.25. The van der Waals surface area contributed by atoms with Gasteiger partial charge < -0.3 is 29.9 Å². The number of aromatic nitrogens is 4. The minimum absolute atomic E-state index is 0.0436. The van der Waals surface area contributed by atoms with Gasteiger partial charge in [-0.25, -0.2) is 10.1 Å². The first-order valence-electron chi connectivity index (χ1n) is 15.5. The Morgan fingerprint density at radius 2 is 1.98 bits per heavy atom. The van der Waals surface area contributed by atoms with Crippen LogP contribution in [0.5, 0.6) is 0 Å². The van der Waals surface area contributed by atoms with Crippen LogP contribution in [0.4, 0.5) is 5.95 Å². The number of esters is 1. The van der Waals surface area contributed by atoms with Crippen LogP contribution < -0.4 is 21.7 Å². The molecular weight excluding hydrogens is 678 g/mol. The zero-order valence-electron chi connectivity index (χ0n) is 26.7. The lowest BCUT2D eigenvalue weighted by Crippen LogP contribution is -2.34. The highest BCUT2D eigenvalue weighted by Crippen LogP contribution is 2.87. The van der Waals surface area contributed by atoms with Crippen LogP contribution in [0.25, 0.3) is 11.2 Å². The number of anilines is 1. The number of rotatable bonds is 20. The molecule has 1 aliphatic heterocycles. The molecular formula is C26H47N7O9P4. The molecule has 0 bridgehead atoms. The predicted molar refractivity (Wildman–Crippen MR) is 181 cm³/mol. The number of hydrogen-bond acceptors (Lipinski definition) is 11. The van der Waals surface area contributed by atoms with Crippen molar-refractivity contribution in [2.75, 3.05) is 31.7 Å². The number of fused-ring (bicyclic) bond motifs is 1. The van der Waals surface area contributed by atoms with Crippen molar-refractivity contribution in [1.29, 1.82) is 0 Å². The highest BCUT2D eigenvalue weighted by molar-refractivity contribution is 8.69. The van der Waals surface area contributed by atoms with E-state index >= 15 is 0 Å². The fourth-order valence-electron chi connectivity index (χ4n) is 4.98. The van der Waals surface area contributed by atoms with Crippen molar-refractivity contribution in [2.45, 2.75) is 91.0 Å². The van der Waals surface area contributed by atoms with E-state index in [-0.39, 0.29) is 67.4 Å². The van der Waals surface area contributed by atoms with Crippen LogP contribution in [0.15, 0.2) is 11.1 Å². The third kappa shape index (κ3) is 11.7. The van der Waals surface area contributed by atoms with Gasteiger partial charge in [0.1, 0.15) is 12.3 Å². The number of carbonyl (C=O) groups excluding carboxylic acids is 2. The van der Waals surface area contributed by atoms with Gasteiger partial charge >= 0.3 is 5.97 Å². The first-order chi connectivity index (χ1) is 21.8. The van der Waals surface area contributed by atoms with Crippen LogP contribution in [0.1, 0.15) is 78.9 Å². The molecule has 16 nitrogen and oxygen atoms in total. The van der Waals surface area contributed by atoms with Crippen LogP contribution in [0.3, 0.4) is 0 Å². The molecule has 4 unspecified atom stereocenters. The van der Waals surface area contributed by atoms with Gasteiger partial charge in [-0.05, 0) is 46.8 Å². The second kappa shape index (κ2) is 18.1. The summed E-state index contributed by atoms with van der Waals surface area (Å²) in [7, 11) is -5.57. The number of H-pyrrole nitrogens is 1. The van der Waals surface area contributed by atoms with E-state index in [0.29, 0.717) is 12.8 Å². The fourth-order valence-corrected chi connectivity index (χ4v) is 22.3. The number of nitrogens with one attached hydrogen (secondary N) is 3. The number of aromatic amines is 1. The molecule has 20 heteroatoms. The zero-order valence-corrected chi connectivity index (χ0v) is 30.5. The Morgan fingerprint density at radius 3 is 2.65 bits per heavy atom. The highest BCUT2D eigenvalue weighted by Gasteiger charge is 2.38. The van der Waals surface area contributed by atoms with Crippen LogP contribution in [-0.4, -0.2) is 74.4 Å². The van der Waals surface area contributed by atoms with Gasteiger partial charge in [0.2, 0.25) is 18.6 Å². The molecule has 0 aliphatic carbocycles. The van der Waals surface area contributed by atoms with E-state index in [4.69, 9.17) is 19.7 Å². The lowest BCUT2D eigenvalue weighted by molar-refractivity contribution is -0.146. The molecule has 3 heterocycles. The number of ether oxygens (including phenoxy) is 2. The van der Waals surface area contributed by atoms with Crippen molar-refractivity contribution in [3.8, 4) is 0 Å². The number of nitrogen functional groups attached to an aromatic ring is 1. The van der Waals surface area contributed by atoms with Gasteiger partial charge in [0, 0.05) is 19.1 Å². The summed E-state index contributed by atoms with van der Waals surface area (Å²) in [5.41, 5.74) is 5.63. The van der Waals surface area contributed by atoms with Gasteiger partial charge in [0.05, 0.1) is 33.6 Å². The van der Waals surface area contributed by atoms with Gasteiger partial charge in [0.15, 0.2) is 11.2 Å². The third-order valence-electron chi connectivity index (χ3n) is 7.24. The van der Waals surface area contributed by atoms with Crippen molar-refractivity contribution >= 4 is 59.2 Å². The quantitative estimate of drug-likeness (QED) is 0.0732. The average molecular weight is 726 g/mol. The third-order valence-corrected chi connectivity index (χ3v) is 23.3. The summed E-state index contributed by atoms with van der Waals surface area (Å²) in [6.45, 7) is 3.38. The first-order valence-corrected chi connectivity index (χ1v) is 23.5. The van der Waals surface area contributed by atoms with E-state index in [9.17, 15) is 28.4 Å². The van der Waals surface area contributed by atoms with Crippen molar-refractivity contribution in [3.63, 3.8) is 0 Å². The molecule has 46 heavy (non-hydrogen) atoms. The number of amides is 1. The van der Waals surface area contributed by atoms with Gasteiger partial charge in [0.25, 0.3) is 12.8 Å². The summed E-state index contributed by atoms with van der Waals surface area (Å²) < 4.78 is 46.2. The van der Waals surface area contributed by atoms with Crippen molar-refractivity contribution < 1.29 is 37.6 Å². The molecule has 1 aliphatic rings. The molecule has 1 fully saturated rings. The maximum absolute atomic E-state index is 13.9. The van der Waals surface area contributed by atoms with Crippen LogP contribution in [0.2, 0.25) is 0 Å². The first kappa shape index (κ1) is 38.7. The SMILES string of the molecule is CCCC(CCC)COC(=O)[C@H](C)NP(=O)(OCCNC(=O)CC)PP(=O)(O)PC[C@@H]1CC[C@H](n2cnc3c(=O)[nH]c(N)nc32)O1. The maximum Gasteiger partial charge on any atom is 0.323 e. The molecule has 6 N–H and O–H groups in total. The smallest absolute Gasteiger partial charge is 0.323 e. The molecule has 0 saturated carbocycles. The van der Waals surface area contributed by atoms with Crippen molar-refractivity contribution in [3.05, 3.63) is 16.7 Å². The fraction of sp³-hybridized carbons (Fsp3) is 0.731. The maximum atomic E-state index is 13.9. The number of nitrogens with zero attached hydrogens (tertiary/aromatic N) is 3. The Bertz CT molecular complexity index is 1470. The lowest BCUT2D eigenvalue weighted by atomic mass is 9.99. The molecule has 0 aromatic carbocycles. The van der Waals surface area contributed by atoms with Gasteiger partial charge in [-0.15, -0.1) is 0 Å². The molecule has 0 spiro atoms. The van der Waals surface area contributed by atoms with Crippen LogP contribution in [0, 0.1) is 5.92 Å². The second-order valence-corrected chi connectivity index (χ2v) is 24.9. The Balaban J connectivity index is 1.62. The average Bonchev–Trinajstić information content (AvgIpc) is 3.64. The zero-order chi connectivity index (χ0) is 33.9.